The molecular weight excluding hydrogens is 1010 g/mol. The fraction of sp³-hybridized carbons (Fsp3) is 0. The van der Waals surface area contributed by atoms with Crippen LogP contribution in [-0.2, 0) is 0 Å². The highest BCUT2D eigenvalue weighted by atomic mass is 16.3. The number of nitriles is 2. The molecule has 386 valence electrons. The fourth-order valence-corrected chi connectivity index (χ4v) is 12.6. The van der Waals surface area contributed by atoms with E-state index < -0.39 is 0 Å². The molecule has 16 aromatic rings. The molecular formula is C76H45N5O2. The molecule has 3 heterocycles. The van der Waals surface area contributed by atoms with Crippen LogP contribution in [0.3, 0.4) is 0 Å². The van der Waals surface area contributed by atoms with Gasteiger partial charge in [0.15, 0.2) is 11.2 Å². The average Bonchev–Trinajstić information content (AvgIpc) is 2.65. The maximum Gasteiger partial charge on any atom is 0.159 e. The third kappa shape index (κ3) is 7.65. The van der Waals surface area contributed by atoms with Gasteiger partial charge in [-0.25, -0.2) is 0 Å². The highest BCUT2D eigenvalue weighted by molar-refractivity contribution is 6.18. The summed E-state index contributed by atoms with van der Waals surface area (Å²) in [5.74, 6) is 0. The first-order valence-electron chi connectivity index (χ1n) is 27.7. The van der Waals surface area contributed by atoms with Gasteiger partial charge < -0.3 is 23.2 Å². The summed E-state index contributed by atoms with van der Waals surface area (Å²) < 4.78 is 16.6. The van der Waals surface area contributed by atoms with E-state index in [1.807, 2.05) is 60.7 Å². The highest BCUT2D eigenvalue weighted by Gasteiger charge is 2.25. The SMILES string of the molecule is N#Cc1ccc(N(c2ccc3cc4c5ccc(N(c6ccc(C#N)cc6)c6cccc7c6oc6c(-c8ccccc8)cccc67)cc5n(-c5cccc6ccccc56)c4cc3c2)c2cccc3c2oc2c(-c4ccccc4)cccc23)cc1. The largest absolute Gasteiger partial charge is 0.453 e. The van der Waals surface area contributed by atoms with Crippen molar-refractivity contribution in [3.63, 3.8) is 0 Å². The van der Waals surface area contributed by atoms with Crippen LogP contribution in [0.15, 0.2) is 282 Å². The molecule has 3 aromatic heterocycles. The van der Waals surface area contributed by atoms with Crippen molar-refractivity contribution in [1.82, 2.24) is 4.57 Å². The molecule has 0 aliphatic carbocycles. The maximum atomic E-state index is 9.99. The van der Waals surface area contributed by atoms with Crippen LogP contribution in [-0.4, -0.2) is 4.57 Å². The van der Waals surface area contributed by atoms with Crippen molar-refractivity contribution in [3.8, 4) is 40.1 Å². The van der Waals surface area contributed by atoms with Crippen molar-refractivity contribution in [2.24, 2.45) is 0 Å². The molecule has 13 aromatic carbocycles. The Morgan fingerprint density at radius 3 is 1.34 bits per heavy atom. The average molecular weight is 1060 g/mol. The van der Waals surface area contributed by atoms with E-state index in [1.165, 1.54) is 0 Å². The van der Waals surface area contributed by atoms with E-state index in [2.05, 4.69) is 239 Å². The van der Waals surface area contributed by atoms with Gasteiger partial charge in [0, 0.05) is 71.6 Å². The Morgan fingerprint density at radius 1 is 0.301 bits per heavy atom. The summed E-state index contributed by atoms with van der Waals surface area (Å²) in [6.45, 7) is 0. The second-order valence-corrected chi connectivity index (χ2v) is 21.0. The molecule has 0 amide bonds. The van der Waals surface area contributed by atoms with Crippen molar-refractivity contribution in [2.45, 2.75) is 0 Å². The van der Waals surface area contributed by atoms with Crippen LogP contribution in [0.4, 0.5) is 34.1 Å². The summed E-state index contributed by atoms with van der Waals surface area (Å²) in [6.07, 6.45) is 0. The Balaban J connectivity index is 0.921. The molecule has 0 unspecified atom stereocenters. The number of rotatable bonds is 9. The zero-order valence-electron chi connectivity index (χ0n) is 44.5. The van der Waals surface area contributed by atoms with E-state index in [0.29, 0.717) is 11.1 Å². The van der Waals surface area contributed by atoms with Gasteiger partial charge in [-0.2, -0.15) is 10.5 Å². The lowest BCUT2D eigenvalue weighted by molar-refractivity contribution is 0.670. The zero-order valence-corrected chi connectivity index (χ0v) is 44.5. The zero-order chi connectivity index (χ0) is 55.1. The quantitative estimate of drug-likeness (QED) is 0.143. The minimum absolute atomic E-state index is 0.578. The molecule has 83 heavy (non-hydrogen) atoms. The van der Waals surface area contributed by atoms with Gasteiger partial charge in [0.1, 0.15) is 11.2 Å². The summed E-state index contributed by atoms with van der Waals surface area (Å²) in [4.78, 5) is 4.50. The summed E-state index contributed by atoms with van der Waals surface area (Å²) in [5.41, 5.74) is 17.1. The molecule has 0 saturated carbocycles. The molecule has 0 aliphatic heterocycles. The first kappa shape index (κ1) is 47.4. The van der Waals surface area contributed by atoms with E-state index in [4.69, 9.17) is 8.83 Å². The van der Waals surface area contributed by atoms with Gasteiger partial charge in [-0.1, -0.05) is 170 Å². The molecule has 0 fully saturated rings. The normalized spacial score (nSPS) is 11.6. The smallest absolute Gasteiger partial charge is 0.159 e. The van der Waals surface area contributed by atoms with Crippen LogP contribution in [0.2, 0.25) is 0 Å². The first-order chi connectivity index (χ1) is 41.1. The summed E-state index contributed by atoms with van der Waals surface area (Å²) in [5, 5.41) is 30.6. The van der Waals surface area contributed by atoms with E-state index in [0.717, 1.165) is 149 Å². The van der Waals surface area contributed by atoms with Gasteiger partial charge in [-0.3, -0.25) is 0 Å². The molecule has 0 atom stereocenters. The number of hydrogen-bond acceptors (Lipinski definition) is 6. The van der Waals surface area contributed by atoms with Crippen LogP contribution in [0.25, 0.3) is 115 Å². The second kappa shape index (κ2) is 19.0. The fourth-order valence-electron chi connectivity index (χ4n) is 12.6. The van der Waals surface area contributed by atoms with Crippen molar-refractivity contribution >= 4 is 121 Å². The van der Waals surface area contributed by atoms with Gasteiger partial charge in [0.2, 0.25) is 0 Å². The van der Waals surface area contributed by atoms with Crippen molar-refractivity contribution in [1.29, 1.82) is 10.5 Å². The maximum absolute atomic E-state index is 9.99. The van der Waals surface area contributed by atoms with Gasteiger partial charge >= 0.3 is 0 Å². The van der Waals surface area contributed by atoms with Gasteiger partial charge in [0.05, 0.1) is 51.4 Å². The van der Waals surface area contributed by atoms with E-state index in [-0.39, 0.29) is 0 Å². The Kier molecular flexibility index (Phi) is 10.9. The lowest BCUT2D eigenvalue weighted by Gasteiger charge is -2.26. The molecule has 0 N–H and O–H groups in total. The first-order valence-corrected chi connectivity index (χ1v) is 27.7. The van der Waals surface area contributed by atoms with E-state index in [1.54, 1.807) is 0 Å². The number of hydrogen-bond donors (Lipinski definition) is 0. The molecule has 7 heteroatoms. The second-order valence-electron chi connectivity index (χ2n) is 21.0. The van der Waals surface area contributed by atoms with Gasteiger partial charge in [-0.15, -0.1) is 0 Å². The Hall–Kier alpha value is -11.6. The molecule has 16 rings (SSSR count). The van der Waals surface area contributed by atoms with Crippen LogP contribution < -0.4 is 9.80 Å². The number of fused-ring (bicyclic) bond motifs is 11. The molecule has 0 aliphatic rings. The molecule has 0 saturated heterocycles. The van der Waals surface area contributed by atoms with E-state index >= 15 is 0 Å². The minimum Gasteiger partial charge on any atom is -0.453 e. The van der Waals surface area contributed by atoms with Crippen molar-refractivity contribution < 1.29 is 8.83 Å². The van der Waals surface area contributed by atoms with Crippen LogP contribution >= 0.6 is 0 Å². The molecule has 0 bridgehead atoms. The van der Waals surface area contributed by atoms with Gasteiger partial charge in [0.25, 0.3) is 0 Å². The molecule has 0 radical (unpaired) electrons. The van der Waals surface area contributed by atoms with Crippen LogP contribution in [0.5, 0.6) is 0 Å². The van der Waals surface area contributed by atoms with Crippen LogP contribution in [0, 0.1) is 22.7 Å². The third-order valence-corrected chi connectivity index (χ3v) is 16.4. The minimum atomic E-state index is 0.578. The standard InChI is InChI=1S/C76H45N5O2/c77-46-48-30-35-55(36-31-48)79(69-28-12-25-65-63-23-10-21-60(73(63)82-75(65)69)51-14-3-1-4-15-51)57-39-34-53-43-67-62-41-40-58(45-72(62)81(71(67)44-54(53)42-57)68-27-9-19-50-18-7-8-20-59(50)68)80(56-37-32-49(47-78)33-38-56)70-29-13-26-66-64-24-11-22-61(74(64)83-76(66)70)52-16-5-2-6-17-52/h1-45H. The number of furan rings is 2. The summed E-state index contributed by atoms with van der Waals surface area (Å²) in [6, 6.07) is 99.6. The number of aromatic nitrogens is 1. The lowest BCUT2D eigenvalue weighted by Crippen LogP contribution is -2.10. The van der Waals surface area contributed by atoms with Gasteiger partial charge in [-0.05, 0) is 130 Å². The highest BCUT2D eigenvalue weighted by Crippen LogP contribution is 2.48. The molecule has 7 nitrogen and oxygen atoms in total. The summed E-state index contributed by atoms with van der Waals surface area (Å²) >= 11 is 0. The Morgan fingerprint density at radius 2 is 0.759 bits per heavy atom. The predicted molar refractivity (Wildman–Crippen MR) is 340 cm³/mol. The van der Waals surface area contributed by atoms with Crippen molar-refractivity contribution in [3.05, 3.63) is 284 Å². The van der Waals surface area contributed by atoms with E-state index in [9.17, 15) is 10.5 Å². The van der Waals surface area contributed by atoms with Crippen LogP contribution in [0.1, 0.15) is 11.1 Å². The Labute approximate surface area is 476 Å². The van der Waals surface area contributed by atoms with Crippen molar-refractivity contribution in [2.75, 3.05) is 9.80 Å². The number of anilines is 6. The number of para-hydroxylation sites is 4. The monoisotopic (exact) mass is 1060 g/mol. The number of nitrogens with zero attached hydrogens (tertiary/aromatic N) is 5. The molecule has 0 spiro atoms. The third-order valence-electron chi connectivity index (χ3n) is 16.4. The predicted octanol–water partition coefficient (Wildman–Crippen LogP) is 20.9. The number of benzene rings is 13. The topological polar surface area (TPSA) is 85.3 Å². The lowest BCUT2D eigenvalue weighted by atomic mass is 10.0. The Bertz CT molecular complexity index is 5350. The summed E-state index contributed by atoms with van der Waals surface area (Å²) in [7, 11) is 0.